The molecule has 0 atom stereocenters. The van der Waals surface area contributed by atoms with Gasteiger partial charge in [0.15, 0.2) is 23.0 Å². The zero-order chi connectivity index (χ0) is 9.19. The lowest BCUT2D eigenvalue weighted by Gasteiger charge is -2.09. The second-order valence-electron chi connectivity index (χ2n) is 2.07. The normalized spacial score (nSPS) is 11.3. The van der Waals surface area contributed by atoms with Gasteiger partial charge >= 0.3 is 6.18 Å². The monoisotopic (exact) mass is 288 g/mol. The Bertz CT molecular complexity index is 272. The largest absolute Gasteiger partial charge is 0.427 e. The number of hydrogen-bond acceptors (Lipinski definition) is 1. The summed E-state index contributed by atoms with van der Waals surface area (Å²) in [5.41, 5.74) is -0.751. The minimum Gasteiger partial charge on any atom is -0.427 e. The number of alkyl halides is 3. The van der Waals surface area contributed by atoms with Crippen LogP contribution in [0.4, 0.5) is 13.2 Å². The van der Waals surface area contributed by atoms with Gasteiger partial charge in [0.25, 0.3) is 0 Å². The molecule has 0 saturated heterocycles. The van der Waals surface area contributed by atoms with E-state index in [9.17, 15) is 13.2 Å². The summed E-state index contributed by atoms with van der Waals surface area (Å²) in [5.74, 6) is -0.161. The molecule has 66 valence electrons. The lowest BCUT2D eigenvalue weighted by molar-refractivity contribution is -0.138. The van der Waals surface area contributed by atoms with Gasteiger partial charge in [0.1, 0.15) is 5.75 Å². The fourth-order valence-electron chi connectivity index (χ4n) is 0.768. The van der Waals surface area contributed by atoms with E-state index in [0.717, 1.165) is 6.07 Å². The molecule has 0 aliphatic rings. The highest BCUT2D eigenvalue weighted by atomic mass is 127. The smallest absolute Gasteiger partial charge is 0.420 e. The summed E-state index contributed by atoms with van der Waals surface area (Å²) in [5, 5.41) is 0. The van der Waals surface area contributed by atoms with E-state index in [0.29, 0.717) is 0 Å². The van der Waals surface area contributed by atoms with Gasteiger partial charge in [0.05, 0.1) is 5.56 Å². The van der Waals surface area contributed by atoms with Crippen molar-refractivity contribution >= 4 is 23.0 Å². The third kappa shape index (κ3) is 2.02. The molecule has 0 amide bonds. The maximum Gasteiger partial charge on any atom is 0.420 e. The Morgan fingerprint density at radius 3 is 2.17 bits per heavy atom. The molecule has 0 radical (unpaired) electrons. The van der Waals surface area contributed by atoms with Crippen molar-refractivity contribution in [2.24, 2.45) is 0 Å². The van der Waals surface area contributed by atoms with Crippen LogP contribution in [0.2, 0.25) is 0 Å². The molecular formula is C7H4F3IO. The van der Waals surface area contributed by atoms with Crippen LogP contribution in [0.15, 0.2) is 24.3 Å². The van der Waals surface area contributed by atoms with Crippen molar-refractivity contribution in [3.8, 4) is 5.75 Å². The maximum absolute atomic E-state index is 12.2. The van der Waals surface area contributed by atoms with E-state index < -0.39 is 11.7 Å². The van der Waals surface area contributed by atoms with Crippen LogP contribution in [0.25, 0.3) is 0 Å². The van der Waals surface area contributed by atoms with Crippen molar-refractivity contribution in [2.45, 2.75) is 6.18 Å². The quantitative estimate of drug-likeness (QED) is 0.719. The second-order valence-corrected chi connectivity index (χ2v) is 2.51. The van der Waals surface area contributed by atoms with Gasteiger partial charge in [-0.25, -0.2) is 0 Å². The molecule has 5 heteroatoms. The van der Waals surface area contributed by atoms with Crippen molar-refractivity contribution in [3.63, 3.8) is 0 Å². The van der Waals surface area contributed by atoms with Crippen molar-refractivity contribution in [1.82, 2.24) is 0 Å². The van der Waals surface area contributed by atoms with Crippen LogP contribution in [0.1, 0.15) is 5.56 Å². The molecule has 0 N–H and O–H groups in total. The topological polar surface area (TPSA) is 9.23 Å². The first kappa shape index (κ1) is 9.63. The van der Waals surface area contributed by atoms with Gasteiger partial charge in [-0.3, -0.25) is 0 Å². The van der Waals surface area contributed by atoms with Crippen molar-refractivity contribution in [2.75, 3.05) is 0 Å². The standard InChI is InChI=1S/C7H4F3IO/c8-7(9,10)5-3-1-2-4-6(5)12-11/h1-4H. The highest BCUT2D eigenvalue weighted by Crippen LogP contribution is 2.36. The Morgan fingerprint density at radius 2 is 1.75 bits per heavy atom. The van der Waals surface area contributed by atoms with Crippen LogP contribution in [0.3, 0.4) is 0 Å². The molecule has 0 aromatic heterocycles. The van der Waals surface area contributed by atoms with Gasteiger partial charge in [0, 0.05) is 0 Å². The van der Waals surface area contributed by atoms with Crippen LogP contribution < -0.4 is 3.07 Å². The molecule has 0 aliphatic carbocycles. The molecule has 1 rings (SSSR count). The summed E-state index contributed by atoms with van der Waals surface area (Å²) < 4.78 is 41.0. The van der Waals surface area contributed by atoms with Crippen LogP contribution in [0, 0.1) is 0 Å². The highest BCUT2D eigenvalue weighted by molar-refractivity contribution is 14.1. The SMILES string of the molecule is FC(F)(F)c1ccccc1OI. The first-order chi connectivity index (χ1) is 5.55. The summed E-state index contributed by atoms with van der Waals surface area (Å²) in [6, 6.07) is 5.06. The number of para-hydroxylation sites is 1. The molecule has 1 nitrogen and oxygen atoms in total. The Kier molecular flexibility index (Phi) is 2.81. The number of rotatable bonds is 1. The minimum absolute atomic E-state index is 0.161. The average molecular weight is 288 g/mol. The molecule has 0 bridgehead atoms. The molecule has 0 spiro atoms. The summed E-state index contributed by atoms with van der Waals surface area (Å²) in [6.45, 7) is 0. The van der Waals surface area contributed by atoms with Gasteiger partial charge in [-0.2, -0.15) is 13.2 Å². The van der Waals surface area contributed by atoms with Crippen LogP contribution in [-0.4, -0.2) is 0 Å². The molecule has 0 aliphatic heterocycles. The zero-order valence-electron chi connectivity index (χ0n) is 5.73. The van der Waals surface area contributed by atoms with Crippen molar-refractivity contribution in [3.05, 3.63) is 29.8 Å². The predicted octanol–water partition coefficient (Wildman–Crippen LogP) is 3.43. The van der Waals surface area contributed by atoms with E-state index in [1.54, 1.807) is 0 Å². The first-order valence-corrected chi connectivity index (χ1v) is 3.88. The average Bonchev–Trinajstić information content (AvgIpc) is 2.03. The summed E-state index contributed by atoms with van der Waals surface area (Å²) >= 11 is 1.42. The van der Waals surface area contributed by atoms with E-state index in [4.69, 9.17) is 0 Å². The zero-order valence-corrected chi connectivity index (χ0v) is 7.89. The Labute approximate surface area is 81.2 Å². The van der Waals surface area contributed by atoms with Gasteiger partial charge in [0.2, 0.25) is 0 Å². The van der Waals surface area contributed by atoms with E-state index in [2.05, 4.69) is 3.07 Å². The van der Waals surface area contributed by atoms with E-state index in [1.807, 2.05) is 0 Å². The van der Waals surface area contributed by atoms with Crippen LogP contribution in [-0.2, 0) is 6.18 Å². The molecule has 1 aromatic rings. The van der Waals surface area contributed by atoms with Crippen LogP contribution in [0.5, 0.6) is 5.75 Å². The van der Waals surface area contributed by atoms with Gasteiger partial charge in [-0.05, 0) is 12.1 Å². The number of halogens is 4. The Balaban J connectivity index is 3.14. The van der Waals surface area contributed by atoms with Crippen molar-refractivity contribution < 1.29 is 16.2 Å². The van der Waals surface area contributed by atoms with E-state index in [1.165, 1.54) is 41.2 Å². The summed E-state index contributed by atoms with van der Waals surface area (Å²) in [4.78, 5) is 0. The maximum atomic E-state index is 12.2. The predicted molar refractivity (Wildman–Crippen MR) is 46.1 cm³/mol. The number of hydrogen-bond donors (Lipinski definition) is 0. The molecular weight excluding hydrogens is 284 g/mol. The lowest BCUT2D eigenvalue weighted by Crippen LogP contribution is -2.05. The third-order valence-corrected chi connectivity index (χ3v) is 1.75. The van der Waals surface area contributed by atoms with Crippen molar-refractivity contribution in [1.29, 1.82) is 0 Å². The van der Waals surface area contributed by atoms with Gasteiger partial charge in [-0.15, -0.1) is 0 Å². The third-order valence-electron chi connectivity index (χ3n) is 1.28. The minimum atomic E-state index is -4.35. The second kappa shape index (κ2) is 3.51. The number of benzene rings is 1. The Hall–Kier alpha value is -0.460. The first-order valence-electron chi connectivity index (χ1n) is 3.00. The summed E-state index contributed by atoms with van der Waals surface area (Å²) in [7, 11) is 0. The fraction of sp³-hybridized carbons (Fsp3) is 0.143. The highest BCUT2D eigenvalue weighted by Gasteiger charge is 2.33. The van der Waals surface area contributed by atoms with Gasteiger partial charge in [-0.1, -0.05) is 12.1 Å². The van der Waals surface area contributed by atoms with Gasteiger partial charge < -0.3 is 3.07 Å². The molecule has 0 heterocycles. The molecule has 0 saturated carbocycles. The van der Waals surface area contributed by atoms with Crippen LogP contribution >= 0.6 is 23.0 Å². The van der Waals surface area contributed by atoms with E-state index >= 15 is 0 Å². The van der Waals surface area contributed by atoms with E-state index in [-0.39, 0.29) is 5.75 Å². The molecule has 0 fully saturated rings. The lowest BCUT2D eigenvalue weighted by atomic mass is 10.2. The molecule has 12 heavy (non-hydrogen) atoms. The Morgan fingerprint density at radius 1 is 1.17 bits per heavy atom. The summed E-state index contributed by atoms with van der Waals surface area (Å²) in [6.07, 6.45) is -4.35. The molecule has 1 aromatic carbocycles. The molecule has 0 unspecified atom stereocenters. The fourth-order valence-corrected chi connectivity index (χ4v) is 1.15.